The number of nitro groups is 1. The Kier molecular flexibility index (Phi) is 7.28. The van der Waals surface area contributed by atoms with E-state index in [-0.39, 0.29) is 28.9 Å². The van der Waals surface area contributed by atoms with Crippen molar-refractivity contribution in [1.82, 2.24) is 4.57 Å². The molecule has 2 heterocycles. The van der Waals surface area contributed by atoms with E-state index in [9.17, 15) is 24.5 Å². The number of fused-ring (bicyclic) bond motifs is 1. The molecule has 0 saturated carbocycles. The van der Waals surface area contributed by atoms with Crippen molar-refractivity contribution in [2.45, 2.75) is 20.4 Å². The van der Waals surface area contributed by atoms with Crippen LogP contribution in [-0.4, -0.2) is 33.9 Å². The zero-order valence-corrected chi connectivity index (χ0v) is 18.7. The number of hydrogen-bond acceptors (Lipinski definition) is 8. The van der Waals surface area contributed by atoms with Gasteiger partial charge in [-0.05, 0) is 37.3 Å². The van der Waals surface area contributed by atoms with Crippen LogP contribution in [0.4, 0.5) is 10.7 Å². The fraction of sp³-hybridized carbons (Fsp3) is 0.200. The molecule has 0 fully saturated rings. The summed E-state index contributed by atoms with van der Waals surface area (Å²) < 4.78 is 7.30. The first kappa shape index (κ1) is 23.0. The van der Waals surface area contributed by atoms with Crippen molar-refractivity contribution < 1.29 is 24.0 Å². The van der Waals surface area contributed by atoms with Crippen LogP contribution in [0.15, 0.2) is 41.4 Å². The van der Waals surface area contributed by atoms with E-state index in [0.717, 1.165) is 11.3 Å². The molecule has 32 heavy (non-hydrogen) atoms. The number of carbonyl (C=O) groups excluding carboxylic acids is 3. The smallest absolute Gasteiger partial charge is 0.326 e. The van der Waals surface area contributed by atoms with Gasteiger partial charge in [0.1, 0.15) is 6.54 Å². The predicted molar refractivity (Wildman–Crippen MR) is 121 cm³/mol. The second-order valence-corrected chi connectivity index (χ2v) is 8.46. The minimum Gasteiger partial charge on any atom is -0.465 e. The molecule has 0 aliphatic rings. The molecule has 0 aliphatic carbocycles. The Morgan fingerprint density at radius 3 is 2.69 bits per heavy atom. The summed E-state index contributed by atoms with van der Waals surface area (Å²) in [6.45, 7) is 3.17. The Morgan fingerprint density at radius 1 is 1.25 bits per heavy atom. The minimum absolute atomic E-state index is 0.0270. The van der Waals surface area contributed by atoms with Crippen LogP contribution in [0.5, 0.6) is 0 Å². The van der Waals surface area contributed by atoms with Crippen molar-refractivity contribution in [2.75, 3.05) is 11.9 Å². The quantitative estimate of drug-likeness (QED) is 0.242. The van der Waals surface area contributed by atoms with Gasteiger partial charge in [-0.15, -0.1) is 0 Å². The first-order chi connectivity index (χ1) is 15.3. The summed E-state index contributed by atoms with van der Waals surface area (Å²) in [6, 6.07) is 8.04. The van der Waals surface area contributed by atoms with Gasteiger partial charge < -0.3 is 14.6 Å². The lowest BCUT2D eigenvalue weighted by Gasteiger charge is -2.06. The van der Waals surface area contributed by atoms with E-state index in [1.807, 2.05) is 0 Å². The first-order valence-corrected chi connectivity index (χ1v) is 11.0. The number of thiazole rings is 1. The molecule has 0 aliphatic heterocycles. The first-order valence-electron chi connectivity index (χ1n) is 9.34. The molecular formula is C20H18N4O6S2. The Labute approximate surface area is 189 Å². The number of benzene rings is 1. The molecule has 1 N–H and O–H groups in total. The van der Waals surface area contributed by atoms with Crippen LogP contribution in [0.1, 0.15) is 18.7 Å². The van der Waals surface area contributed by atoms with Crippen LogP contribution in [0, 0.1) is 10.1 Å². The molecule has 10 nitrogen and oxygen atoms in total. The molecule has 0 radical (unpaired) electrons. The lowest BCUT2D eigenvalue weighted by atomic mass is 10.3. The predicted octanol–water partition coefficient (Wildman–Crippen LogP) is 3.33. The molecule has 3 aromatic rings. The fourth-order valence-electron chi connectivity index (χ4n) is 2.74. The summed E-state index contributed by atoms with van der Waals surface area (Å²) in [7, 11) is 0. The van der Waals surface area contributed by atoms with Crippen molar-refractivity contribution in [3.8, 4) is 0 Å². The number of aromatic nitrogens is 1. The summed E-state index contributed by atoms with van der Waals surface area (Å²) in [4.78, 5) is 51.0. The molecule has 2 aromatic heterocycles. The highest BCUT2D eigenvalue weighted by atomic mass is 32.1. The van der Waals surface area contributed by atoms with Gasteiger partial charge >= 0.3 is 11.0 Å². The summed E-state index contributed by atoms with van der Waals surface area (Å²) >= 11 is 2.12. The van der Waals surface area contributed by atoms with Gasteiger partial charge in [0, 0.05) is 29.6 Å². The second kappa shape index (κ2) is 10.1. The van der Waals surface area contributed by atoms with E-state index < -0.39 is 16.8 Å². The average Bonchev–Trinajstić information content (AvgIpc) is 3.31. The van der Waals surface area contributed by atoms with Gasteiger partial charge in [-0.3, -0.25) is 24.5 Å². The number of amides is 2. The third-order valence-corrected chi connectivity index (χ3v) is 6.03. The Hall–Kier alpha value is -3.64. The molecule has 12 heteroatoms. The van der Waals surface area contributed by atoms with Gasteiger partial charge in [0.25, 0.3) is 5.91 Å². The van der Waals surface area contributed by atoms with Gasteiger partial charge in [0.15, 0.2) is 4.80 Å². The monoisotopic (exact) mass is 474 g/mol. The minimum atomic E-state index is -0.590. The molecule has 0 spiro atoms. The summed E-state index contributed by atoms with van der Waals surface area (Å²) in [5, 5.41) is 13.4. The molecule has 0 unspecified atom stereocenters. The SMILES string of the molecule is CCOC(=O)Cn1c(=NC(=O)/C=C\c2ccc([N+](=O)[O-])s2)sc2cc(NC(C)=O)ccc21. The van der Waals surface area contributed by atoms with E-state index in [2.05, 4.69) is 10.3 Å². The molecule has 2 amide bonds. The largest absolute Gasteiger partial charge is 0.465 e. The third kappa shape index (κ3) is 5.74. The van der Waals surface area contributed by atoms with Crippen LogP contribution in [-0.2, 0) is 25.7 Å². The number of ether oxygens (including phenoxy) is 1. The molecule has 0 atom stereocenters. The average molecular weight is 475 g/mol. The maximum absolute atomic E-state index is 12.4. The highest BCUT2D eigenvalue weighted by Crippen LogP contribution is 2.25. The number of rotatable bonds is 7. The van der Waals surface area contributed by atoms with Gasteiger partial charge in [-0.1, -0.05) is 22.7 Å². The molecule has 3 rings (SSSR count). The van der Waals surface area contributed by atoms with E-state index in [1.165, 1.54) is 42.5 Å². The highest BCUT2D eigenvalue weighted by Gasteiger charge is 2.13. The summed E-state index contributed by atoms with van der Waals surface area (Å²) in [5.74, 6) is -1.29. The number of hydrogen-bond donors (Lipinski definition) is 1. The normalized spacial score (nSPS) is 11.8. The lowest BCUT2D eigenvalue weighted by molar-refractivity contribution is -0.380. The Balaban J connectivity index is 1.97. The van der Waals surface area contributed by atoms with E-state index in [0.29, 0.717) is 20.8 Å². The van der Waals surface area contributed by atoms with Crippen LogP contribution in [0.2, 0.25) is 0 Å². The van der Waals surface area contributed by atoms with E-state index in [4.69, 9.17) is 4.74 Å². The van der Waals surface area contributed by atoms with Gasteiger partial charge in [-0.25, -0.2) is 0 Å². The van der Waals surface area contributed by atoms with Crippen LogP contribution < -0.4 is 10.1 Å². The number of carbonyl (C=O) groups is 3. The molecule has 0 saturated heterocycles. The Bertz CT molecular complexity index is 1300. The van der Waals surface area contributed by atoms with Crippen molar-refractivity contribution >= 4 is 67.4 Å². The maximum atomic E-state index is 12.4. The molecule has 0 bridgehead atoms. The van der Waals surface area contributed by atoms with Crippen molar-refractivity contribution in [3.63, 3.8) is 0 Å². The maximum Gasteiger partial charge on any atom is 0.326 e. The topological polar surface area (TPSA) is 133 Å². The molecule has 166 valence electrons. The van der Waals surface area contributed by atoms with Crippen LogP contribution in [0.25, 0.3) is 16.3 Å². The van der Waals surface area contributed by atoms with Gasteiger partial charge in [-0.2, -0.15) is 4.99 Å². The highest BCUT2D eigenvalue weighted by molar-refractivity contribution is 7.16. The van der Waals surface area contributed by atoms with Crippen molar-refractivity contribution in [1.29, 1.82) is 0 Å². The van der Waals surface area contributed by atoms with E-state index >= 15 is 0 Å². The number of anilines is 1. The van der Waals surface area contributed by atoms with Gasteiger partial charge in [0.05, 0.1) is 21.7 Å². The van der Waals surface area contributed by atoms with E-state index in [1.54, 1.807) is 29.7 Å². The van der Waals surface area contributed by atoms with Crippen molar-refractivity contribution in [2.24, 2.45) is 4.99 Å². The second-order valence-electron chi connectivity index (χ2n) is 6.36. The van der Waals surface area contributed by atoms with Crippen molar-refractivity contribution in [3.05, 3.63) is 56.2 Å². The fourth-order valence-corrected chi connectivity index (χ4v) is 4.54. The number of esters is 1. The number of nitrogens with one attached hydrogen (secondary N) is 1. The van der Waals surface area contributed by atoms with Gasteiger partial charge in [0.2, 0.25) is 5.91 Å². The lowest BCUT2D eigenvalue weighted by Crippen LogP contribution is -2.22. The summed E-state index contributed by atoms with van der Waals surface area (Å²) in [5.41, 5.74) is 1.23. The Morgan fingerprint density at radius 2 is 2.03 bits per heavy atom. The molecule has 1 aromatic carbocycles. The van der Waals surface area contributed by atoms with Crippen LogP contribution >= 0.6 is 22.7 Å². The standard InChI is InChI=1S/C20H18N4O6S2/c1-3-30-19(27)11-23-15-7-4-13(21-12(2)25)10-16(15)32-20(23)22-17(26)8-5-14-6-9-18(31-14)24(28)29/h4-10H,3,11H2,1-2H3,(H,21,25)/b8-5-,22-20?. The number of nitrogens with zero attached hydrogens (tertiary/aromatic N) is 3. The third-order valence-electron chi connectivity index (χ3n) is 3.98. The molecular weight excluding hydrogens is 456 g/mol. The zero-order chi connectivity index (χ0) is 23.3. The number of thiophene rings is 1. The summed E-state index contributed by atoms with van der Waals surface area (Å²) in [6.07, 6.45) is 2.65. The van der Waals surface area contributed by atoms with Crippen LogP contribution in [0.3, 0.4) is 0 Å². The zero-order valence-electron chi connectivity index (χ0n) is 17.1.